The number of carbonyl (C=O) groups excluding carboxylic acids is 1. The molecule has 7 heteroatoms. The van der Waals surface area contributed by atoms with E-state index in [4.69, 9.17) is 20.5 Å². The molecule has 0 bridgehead atoms. The summed E-state index contributed by atoms with van der Waals surface area (Å²) in [6.07, 6.45) is -1.12. The zero-order chi connectivity index (χ0) is 15.3. The smallest absolute Gasteiger partial charge is 0.408 e. The molecule has 1 amide bonds. The molecule has 0 aliphatic heterocycles. The van der Waals surface area contributed by atoms with Crippen LogP contribution in [0.1, 0.15) is 40.5 Å². The molecule has 0 aliphatic rings. The first-order valence-corrected chi connectivity index (χ1v) is 5.68. The van der Waals surface area contributed by atoms with Gasteiger partial charge in [0.15, 0.2) is 0 Å². The molecule has 0 saturated carbocycles. The number of ether oxygens (including phenoxy) is 1. The third kappa shape index (κ3) is 7.03. The zero-order valence-electron chi connectivity index (χ0n) is 11.5. The van der Waals surface area contributed by atoms with Gasteiger partial charge in [-0.05, 0) is 27.7 Å². The van der Waals surface area contributed by atoms with Gasteiger partial charge in [-0.25, -0.2) is 9.59 Å². The van der Waals surface area contributed by atoms with Gasteiger partial charge in [0.05, 0.1) is 18.0 Å². The van der Waals surface area contributed by atoms with Gasteiger partial charge < -0.3 is 15.2 Å². The summed E-state index contributed by atoms with van der Waals surface area (Å²) in [5.41, 5.74) is -2.42. The average molecular weight is 269 g/mol. The fourth-order valence-electron chi connectivity index (χ4n) is 1.34. The molecular formula is C12H19N3O4. The quantitative estimate of drug-likeness (QED) is 0.655. The van der Waals surface area contributed by atoms with Crippen molar-refractivity contribution in [2.45, 2.75) is 51.7 Å². The maximum atomic E-state index is 11.6. The van der Waals surface area contributed by atoms with Crippen molar-refractivity contribution < 1.29 is 19.4 Å². The van der Waals surface area contributed by atoms with Crippen molar-refractivity contribution in [1.29, 1.82) is 10.7 Å². The molecule has 1 atom stereocenters. The summed E-state index contributed by atoms with van der Waals surface area (Å²) in [7, 11) is 0. The molecule has 0 saturated heterocycles. The van der Waals surface area contributed by atoms with Crippen molar-refractivity contribution in [1.82, 2.24) is 5.32 Å². The van der Waals surface area contributed by atoms with Crippen LogP contribution in [0.3, 0.4) is 0 Å². The highest BCUT2D eigenvalue weighted by atomic mass is 16.6. The maximum absolute atomic E-state index is 11.6. The molecule has 0 radical (unpaired) electrons. The molecule has 0 aromatic carbocycles. The highest BCUT2D eigenvalue weighted by Crippen LogP contribution is 2.17. The zero-order valence-corrected chi connectivity index (χ0v) is 11.5. The predicted octanol–water partition coefficient (Wildman–Crippen LogP) is 1.68. The summed E-state index contributed by atoms with van der Waals surface area (Å²) in [4.78, 5) is 22.3. The number of nitrogens with one attached hydrogen (secondary N) is 2. The molecule has 0 aliphatic carbocycles. The Balaban J connectivity index is 4.81. The van der Waals surface area contributed by atoms with Crippen molar-refractivity contribution in [2.75, 3.05) is 0 Å². The summed E-state index contributed by atoms with van der Waals surface area (Å²) in [6, 6.07) is 1.86. The lowest BCUT2D eigenvalue weighted by atomic mass is 9.91. The fourth-order valence-corrected chi connectivity index (χ4v) is 1.34. The number of alkyl carbamates (subject to hydrolysis) is 1. The maximum Gasteiger partial charge on any atom is 0.408 e. The monoisotopic (exact) mass is 269 g/mol. The van der Waals surface area contributed by atoms with E-state index in [1.165, 1.54) is 6.92 Å². The number of carbonyl (C=O) groups is 2. The van der Waals surface area contributed by atoms with Gasteiger partial charge in [0.2, 0.25) is 0 Å². The van der Waals surface area contributed by atoms with Crippen molar-refractivity contribution >= 4 is 17.8 Å². The molecule has 0 heterocycles. The lowest BCUT2D eigenvalue weighted by Gasteiger charge is -2.29. The second-order valence-corrected chi connectivity index (χ2v) is 5.48. The number of hydrogen-bond donors (Lipinski definition) is 3. The number of nitrogens with zero attached hydrogens (tertiary/aromatic N) is 1. The second kappa shape index (κ2) is 6.18. The van der Waals surface area contributed by atoms with E-state index in [0.29, 0.717) is 0 Å². The van der Waals surface area contributed by atoms with Crippen LogP contribution in [0, 0.1) is 16.7 Å². The van der Waals surface area contributed by atoms with E-state index in [-0.39, 0.29) is 12.8 Å². The Bertz CT molecular complexity index is 420. The third-order valence-electron chi connectivity index (χ3n) is 2.10. The summed E-state index contributed by atoms with van der Waals surface area (Å²) in [5, 5.41) is 27.2. The largest absolute Gasteiger partial charge is 0.477 e. The first kappa shape index (κ1) is 16.9. The van der Waals surface area contributed by atoms with Crippen LogP contribution in [-0.2, 0) is 9.53 Å². The first-order valence-electron chi connectivity index (χ1n) is 5.68. The van der Waals surface area contributed by atoms with Crippen molar-refractivity contribution in [3.05, 3.63) is 0 Å². The lowest BCUT2D eigenvalue weighted by molar-refractivity contribution is -0.129. The molecule has 7 nitrogen and oxygen atoms in total. The molecular weight excluding hydrogens is 250 g/mol. The van der Waals surface area contributed by atoms with E-state index >= 15 is 0 Å². The van der Waals surface area contributed by atoms with Gasteiger partial charge in [-0.3, -0.25) is 5.41 Å². The van der Waals surface area contributed by atoms with E-state index in [1.54, 1.807) is 20.8 Å². The average Bonchev–Trinajstić information content (AvgIpc) is 2.12. The van der Waals surface area contributed by atoms with Crippen LogP contribution in [0.25, 0.3) is 0 Å². The van der Waals surface area contributed by atoms with Crippen LogP contribution in [-0.4, -0.2) is 34.0 Å². The van der Waals surface area contributed by atoms with Crippen molar-refractivity contribution in [2.24, 2.45) is 0 Å². The molecule has 3 N–H and O–H groups in total. The Morgan fingerprint density at radius 1 is 1.37 bits per heavy atom. The number of amides is 1. The predicted molar refractivity (Wildman–Crippen MR) is 68.0 cm³/mol. The van der Waals surface area contributed by atoms with E-state index in [2.05, 4.69) is 5.32 Å². The second-order valence-electron chi connectivity index (χ2n) is 5.48. The standard InChI is InChI=1S/C12H19N3O4/c1-11(2,3)19-10(18)15-12(4,5-6-13)7-8(14)9(16)17/h14H,5,7H2,1-4H3,(H,15,18)(H,16,17). The Labute approximate surface area is 112 Å². The Hall–Kier alpha value is -2.10. The van der Waals surface area contributed by atoms with Crippen LogP contribution in [0.5, 0.6) is 0 Å². The molecule has 0 rings (SSSR count). The minimum atomic E-state index is -1.38. The van der Waals surface area contributed by atoms with Gasteiger partial charge in [-0.1, -0.05) is 0 Å². The number of hydrogen-bond acceptors (Lipinski definition) is 5. The molecule has 1 unspecified atom stereocenters. The van der Waals surface area contributed by atoms with Crippen LogP contribution in [0.15, 0.2) is 0 Å². The van der Waals surface area contributed by atoms with Gasteiger partial charge in [0.25, 0.3) is 0 Å². The number of nitriles is 1. The van der Waals surface area contributed by atoms with Gasteiger partial charge >= 0.3 is 12.1 Å². The number of aliphatic carboxylic acids is 1. The number of rotatable bonds is 5. The van der Waals surface area contributed by atoms with Crippen molar-refractivity contribution in [3.63, 3.8) is 0 Å². The van der Waals surface area contributed by atoms with Gasteiger partial charge in [0.1, 0.15) is 11.3 Å². The molecule has 0 fully saturated rings. The fraction of sp³-hybridized carbons (Fsp3) is 0.667. The third-order valence-corrected chi connectivity index (χ3v) is 2.10. The highest BCUT2D eigenvalue weighted by molar-refractivity contribution is 6.34. The molecule has 106 valence electrons. The van der Waals surface area contributed by atoms with E-state index in [9.17, 15) is 9.59 Å². The lowest BCUT2D eigenvalue weighted by Crippen LogP contribution is -2.49. The molecule has 0 aromatic rings. The first-order chi connectivity index (χ1) is 8.49. The minimum Gasteiger partial charge on any atom is -0.477 e. The van der Waals surface area contributed by atoms with Gasteiger partial charge in [0, 0.05) is 6.42 Å². The summed E-state index contributed by atoms with van der Waals surface area (Å²) >= 11 is 0. The van der Waals surface area contributed by atoms with Crippen LogP contribution >= 0.6 is 0 Å². The van der Waals surface area contributed by atoms with Crippen LogP contribution in [0.2, 0.25) is 0 Å². The number of carboxylic acid groups (broad SMARTS) is 1. The molecule has 0 aromatic heterocycles. The normalized spacial score (nSPS) is 13.8. The SMILES string of the molecule is CC(CC#N)(CC(=N)C(=O)O)NC(=O)OC(C)(C)C. The van der Waals surface area contributed by atoms with Gasteiger partial charge in [-0.2, -0.15) is 5.26 Å². The van der Waals surface area contributed by atoms with E-state index < -0.39 is 28.9 Å². The topological polar surface area (TPSA) is 123 Å². The van der Waals surface area contributed by atoms with Crippen LogP contribution < -0.4 is 5.32 Å². The highest BCUT2D eigenvalue weighted by Gasteiger charge is 2.31. The van der Waals surface area contributed by atoms with Crippen LogP contribution in [0.4, 0.5) is 4.79 Å². The summed E-state index contributed by atoms with van der Waals surface area (Å²) < 4.78 is 5.04. The van der Waals surface area contributed by atoms with E-state index in [1.807, 2.05) is 6.07 Å². The molecule has 19 heavy (non-hydrogen) atoms. The molecule has 0 spiro atoms. The number of carboxylic acids is 1. The Morgan fingerprint density at radius 2 is 1.89 bits per heavy atom. The van der Waals surface area contributed by atoms with Crippen molar-refractivity contribution in [3.8, 4) is 6.07 Å². The Morgan fingerprint density at radius 3 is 2.26 bits per heavy atom. The minimum absolute atomic E-state index is 0.123. The van der Waals surface area contributed by atoms with Gasteiger partial charge in [-0.15, -0.1) is 0 Å². The Kier molecular flexibility index (Phi) is 5.50. The summed E-state index contributed by atoms with van der Waals surface area (Å²) in [5.74, 6) is -1.38. The summed E-state index contributed by atoms with van der Waals surface area (Å²) in [6.45, 7) is 6.56. The van der Waals surface area contributed by atoms with E-state index in [0.717, 1.165) is 0 Å².